The Morgan fingerprint density at radius 2 is 1.78 bits per heavy atom. The third kappa shape index (κ3) is 4.79. The van der Waals surface area contributed by atoms with Crippen molar-refractivity contribution in [1.82, 2.24) is 9.97 Å². The zero-order chi connectivity index (χ0) is 25.6. The number of aromatic nitrogens is 2. The maximum Gasteiger partial charge on any atom is 0.175 e. The highest BCUT2D eigenvalue weighted by Crippen LogP contribution is 2.39. The number of nitrogens with two attached hydrogens (primary N) is 1. The summed E-state index contributed by atoms with van der Waals surface area (Å²) in [6.07, 6.45) is 8.54. The Kier molecular flexibility index (Phi) is 6.09. The Bertz CT molecular complexity index is 1580. The van der Waals surface area contributed by atoms with Crippen LogP contribution in [0.25, 0.3) is 22.0 Å². The summed E-state index contributed by atoms with van der Waals surface area (Å²) in [5.41, 5.74) is 14.3. The molecule has 1 aliphatic carbocycles. The molecular formula is C29H31N5O2S. The van der Waals surface area contributed by atoms with Gasteiger partial charge in [0.25, 0.3) is 0 Å². The summed E-state index contributed by atoms with van der Waals surface area (Å²) in [7, 11) is -3.23. The van der Waals surface area contributed by atoms with E-state index in [-0.39, 0.29) is 6.04 Å². The predicted molar refractivity (Wildman–Crippen MR) is 149 cm³/mol. The largest absolute Gasteiger partial charge is 0.369 e. The average molecular weight is 514 g/mol. The van der Waals surface area contributed by atoms with Gasteiger partial charge in [0.1, 0.15) is 5.82 Å². The molecule has 1 saturated heterocycles. The van der Waals surface area contributed by atoms with Gasteiger partial charge in [0.2, 0.25) is 0 Å². The summed E-state index contributed by atoms with van der Waals surface area (Å²) < 4.78 is 23.5. The Morgan fingerprint density at radius 1 is 1.00 bits per heavy atom. The SMILES string of the molecule is CS(=O)(=O)c1ccc(Nc2cc(-c3ccc4nc5c(c(N6CCC(N)C6)c4c3)CCCC5)ccn2)cc1. The van der Waals surface area contributed by atoms with Crippen molar-refractivity contribution >= 4 is 37.9 Å². The first-order valence-corrected chi connectivity index (χ1v) is 14.7. The quantitative estimate of drug-likeness (QED) is 0.393. The van der Waals surface area contributed by atoms with Crippen molar-refractivity contribution in [2.24, 2.45) is 5.73 Å². The lowest BCUT2D eigenvalue weighted by Gasteiger charge is -2.28. The minimum absolute atomic E-state index is 0.214. The number of hydrogen-bond donors (Lipinski definition) is 2. The van der Waals surface area contributed by atoms with Gasteiger partial charge < -0.3 is 16.0 Å². The maximum absolute atomic E-state index is 11.8. The van der Waals surface area contributed by atoms with E-state index in [1.54, 1.807) is 30.5 Å². The molecule has 3 N–H and O–H groups in total. The Labute approximate surface area is 217 Å². The zero-order valence-electron chi connectivity index (χ0n) is 20.9. The molecule has 1 unspecified atom stereocenters. The molecule has 1 aliphatic heterocycles. The van der Waals surface area contributed by atoms with Crippen molar-refractivity contribution < 1.29 is 8.42 Å². The monoisotopic (exact) mass is 513 g/mol. The highest BCUT2D eigenvalue weighted by molar-refractivity contribution is 7.90. The molecule has 190 valence electrons. The third-order valence-electron chi connectivity index (χ3n) is 7.42. The molecule has 7 nitrogen and oxygen atoms in total. The number of nitrogens with one attached hydrogen (secondary N) is 1. The molecule has 2 aromatic carbocycles. The molecule has 0 radical (unpaired) electrons. The Hall–Kier alpha value is -3.49. The Balaban J connectivity index is 1.37. The van der Waals surface area contributed by atoms with Crippen molar-refractivity contribution in [2.75, 3.05) is 29.6 Å². The van der Waals surface area contributed by atoms with Gasteiger partial charge in [-0.1, -0.05) is 6.07 Å². The van der Waals surface area contributed by atoms with Gasteiger partial charge in [-0.15, -0.1) is 0 Å². The number of anilines is 3. The summed E-state index contributed by atoms with van der Waals surface area (Å²) in [4.78, 5) is 12.3. The van der Waals surface area contributed by atoms with Crippen LogP contribution in [0.3, 0.4) is 0 Å². The van der Waals surface area contributed by atoms with E-state index in [0.29, 0.717) is 10.7 Å². The molecule has 6 rings (SSSR count). The smallest absolute Gasteiger partial charge is 0.175 e. The van der Waals surface area contributed by atoms with Crippen molar-refractivity contribution in [2.45, 2.75) is 43.0 Å². The minimum Gasteiger partial charge on any atom is -0.369 e. The molecule has 37 heavy (non-hydrogen) atoms. The number of aryl methyl sites for hydroxylation is 1. The topological polar surface area (TPSA) is 101 Å². The third-order valence-corrected chi connectivity index (χ3v) is 8.55. The zero-order valence-corrected chi connectivity index (χ0v) is 21.8. The molecule has 1 atom stereocenters. The number of rotatable bonds is 5. The molecule has 1 fully saturated rings. The van der Waals surface area contributed by atoms with Crippen LogP contribution in [0.5, 0.6) is 0 Å². The number of hydrogen-bond acceptors (Lipinski definition) is 7. The van der Waals surface area contributed by atoms with Gasteiger partial charge in [0.05, 0.1) is 16.1 Å². The van der Waals surface area contributed by atoms with Crippen LogP contribution in [0, 0.1) is 0 Å². The van der Waals surface area contributed by atoms with E-state index >= 15 is 0 Å². The van der Waals surface area contributed by atoms with Crippen molar-refractivity contribution in [3.63, 3.8) is 0 Å². The van der Waals surface area contributed by atoms with Crippen LogP contribution in [-0.2, 0) is 22.7 Å². The van der Waals surface area contributed by atoms with Crippen molar-refractivity contribution in [3.05, 3.63) is 72.1 Å². The lowest BCUT2D eigenvalue weighted by molar-refractivity contribution is 0.602. The second kappa shape index (κ2) is 9.43. The fourth-order valence-electron chi connectivity index (χ4n) is 5.54. The minimum atomic E-state index is -3.23. The average Bonchev–Trinajstić information content (AvgIpc) is 3.32. The number of pyridine rings is 2. The molecule has 8 heteroatoms. The molecule has 0 spiro atoms. The summed E-state index contributed by atoms with van der Waals surface area (Å²) in [5.74, 6) is 0.694. The van der Waals surface area contributed by atoms with Gasteiger partial charge in [-0.2, -0.15) is 0 Å². The number of sulfone groups is 1. The van der Waals surface area contributed by atoms with Crippen LogP contribution in [0.15, 0.2) is 65.7 Å². The van der Waals surface area contributed by atoms with Gasteiger partial charge in [-0.25, -0.2) is 13.4 Å². The lowest BCUT2D eigenvalue weighted by Crippen LogP contribution is -2.28. The molecule has 0 amide bonds. The van der Waals surface area contributed by atoms with E-state index in [0.717, 1.165) is 54.7 Å². The number of fused-ring (bicyclic) bond motifs is 2. The van der Waals surface area contributed by atoms with Crippen LogP contribution in [0.2, 0.25) is 0 Å². The second-order valence-electron chi connectivity index (χ2n) is 10.2. The van der Waals surface area contributed by atoms with Crippen LogP contribution in [0.1, 0.15) is 30.5 Å². The fourth-order valence-corrected chi connectivity index (χ4v) is 6.17. The van der Waals surface area contributed by atoms with Gasteiger partial charge in [0, 0.05) is 48.4 Å². The van der Waals surface area contributed by atoms with Gasteiger partial charge in [-0.05, 0) is 97.3 Å². The van der Waals surface area contributed by atoms with E-state index < -0.39 is 9.84 Å². The normalized spacial score (nSPS) is 17.7. The van der Waals surface area contributed by atoms with Crippen LogP contribution >= 0.6 is 0 Å². The molecule has 4 aromatic rings. The van der Waals surface area contributed by atoms with Gasteiger partial charge >= 0.3 is 0 Å². The van der Waals surface area contributed by atoms with Crippen LogP contribution in [0.4, 0.5) is 17.2 Å². The Morgan fingerprint density at radius 3 is 2.54 bits per heavy atom. The summed E-state index contributed by atoms with van der Waals surface area (Å²) >= 11 is 0. The first-order valence-electron chi connectivity index (χ1n) is 12.8. The maximum atomic E-state index is 11.8. The molecule has 2 aliphatic rings. The first kappa shape index (κ1) is 23.9. The second-order valence-corrected chi connectivity index (χ2v) is 12.2. The number of benzene rings is 2. The molecular weight excluding hydrogens is 482 g/mol. The van der Waals surface area contributed by atoms with Crippen LogP contribution < -0.4 is 16.0 Å². The lowest BCUT2D eigenvalue weighted by atomic mass is 9.91. The fraction of sp³-hybridized carbons (Fsp3) is 0.310. The molecule has 2 aromatic heterocycles. The summed E-state index contributed by atoms with van der Waals surface area (Å²) in [6.45, 7) is 1.87. The molecule has 0 bridgehead atoms. The van der Waals surface area contributed by atoms with Crippen LogP contribution in [-0.4, -0.2) is 43.8 Å². The number of nitrogens with zero attached hydrogens (tertiary/aromatic N) is 3. The highest BCUT2D eigenvalue weighted by Gasteiger charge is 2.27. The molecule has 0 saturated carbocycles. The van der Waals surface area contributed by atoms with E-state index in [4.69, 9.17) is 10.7 Å². The van der Waals surface area contributed by atoms with Gasteiger partial charge in [-0.3, -0.25) is 4.98 Å². The van der Waals surface area contributed by atoms with Crippen molar-refractivity contribution in [3.8, 4) is 11.1 Å². The highest BCUT2D eigenvalue weighted by atomic mass is 32.2. The predicted octanol–water partition coefficient (Wildman–Crippen LogP) is 4.86. The summed E-state index contributed by atoms with van der Waals surface area (Å²) in [5, 5.41) is 4.48. The first-order chi connectivity index (χ1) is 17.8. The standard InChI is InChI=1S/C29H31N5O2S/c1-37(35,36)23-9-7-22(8-10-23)32-28-17-20(12-14-31-28)19-6-11-27-25(16-19)29(34-15-13-21(30)18-34)24-4-2-3-5-26(24)33-27/h6-12,14,16-17,21H,2-5,13,15,18,30H2,1H3,(H,31,32). The van der Waals surface area contributed by atoms with Gasteiger partial charge in [0.15, 0.2) is 9.84 Å². The van der Waals surface area contributed by atoms with E-state index in [1.165, 1.54) is 41.4 Å². The molecule has 3 heterocycles. The van der Waals surface area contributed by atoms with E-state index in [1.807, 2.05) is 12.1 Å². The van der Waals surface area contributed by atoms with E-state index in [9.17, 15) is 8.42 Å². The van der Waals surface area contributed by atoms with Crippen molar-refractivity contribution in [1.29, 1.82) is 0 Å². The summed E-state index contributed by atoms with van der Waals surface area (Å²) in [6, 6.07) is 17.5. The van der Waals surface area contributed by atoms with E-state index in [2.05, 4.69) is 33.4 Å².